The van der Waals surface area contributed by atoms with E-state index in [1.807, 2.05) is 0 Å². The molecule has 0 aromatic carbocycles. The Bertz CT molecular complexity index is 172. The Morgan fingerprint density at radius 3 is 3.00 bits per heavy atom. The van der Waals surface area contributed by atoms with Crippen molar-refractivity contribution in [3.63, 3.8) is 0 Å². The molecule has 76 valence electrons. The van der Waals surface area contributed by atoms with Crippen molar-refractivity contribution in [1.29, 1.82) is 0 Å². The van der Waals surface area contributed by atoms with Gasteiger partial charge in [0.1, 0.15) is 6.61 Å². The molecule has 0 aliphatic carbocycles. The van der Waals surface area contributed by atoms with Crippen LogP contribution in [0.2, 0.25) is 0 Å². The van der Waals surface area contributed by atoms with E-state index in [1.54, 1.807) is 0 Å². The van der Waals surface area contributed by atoms with Gasteiger partial charge in [0.15, 0.2) is 0 Å². The maximum absolute atomic E-state index is 10.2. The monoisotopic (exact) mass is 187 g/mol. The Labute approximate surface area is 78.5 Å². The maximum atomic E-state index is 10.2. The van der Waals surface area contributed by atoms with Crippen LogP contribution in [-0.4, -0.2) is 48.8 Å². The molecule has 0 aromatic rings. The van der Waals surface area contributed by atoms with Gasteiger partial charge in [0, 0.05) is 6.04 Å². The van der Waals surface area contributed by atoms with Crippen LogP contribution in [-0.2, 0) is 9.53 Å². The number of rotatable bonds is 4. The molecule has 1 fully saturated rings. The normalized spacial score (nSPS) is 24.5. The van der Waals surface area contributed by atoms with Crippen LogP contribution in [0.3, 0.4) is 0 Å². The molecule has 0 amide bonds. The minimum Gasteiger partial charge on any atom is -0.480 e. The second kappa shape index (κ2) is 5.19. The molecule has 1 N–H and O–H groups in total. The molecule has 13 heavy (non-hydrogen) atoms. The third-order valence-electron chi connectivity index (χ3n) is 2.46. The summed E-state index contributed by atoms with van der Waals surface area (Å²) >= 11 is 0. The van der Waals surface area contributed by atoms with E-state index < -0.39 is 5.97 Å². The summed E-state index contributed by atoms with van der Waals surface area (Å²) in [7, 11) is 2.06. The van der Waals surface area contributed by atoms with Gasteiger partial charge in [-0.3, -0.25) is 0 Å². The predicted molar refractivity (Wildman–Crippen MR) is 48.7 cm³/mol. The van der Waals surface area contributed by atoms with Crippen molar-refractivity contribution in [2.45, 2.75) is 25.3 Å². The third kappa shape index (κ3) is 3.74. The summed E-state index contributed by atoms with van der Waals surface area (Å²) in [6.07, 6.45) is 3.59. The number of hydrogen-bond donors (Lipinski definition) is 1. The third-order valence-corrected chi connectivity index (χ3v) is 2.46. The molecule has 4 heteroatoms. The molecule has 1 aliphatic heterocycles. The van der Waals surface area contributed by atoms with Crippen LogP contribution >= 0.6 is 0 Å². The fourth-order valence-electron chi connectivity index (χ4n) is 1.64. The van der Waals surface area contributed by atoms with E-state index >= 15 is 0 Å². The van der Waals surface area contributed by atoms with Crippen LogP contribution in [0.15, 0.2) is 0 Å². The first-order valence-corrected chi connectivity index (χ1v) is 4.70. The summed E-state index contributed by atoms with van der Waals surface area (Å²) in [6, 6.07) is 0.410. The van der Waals surface area contributed by atoms with Gasteiger partial charge in [-0.05, 0) is 26.4 Å². The lowest BCUT2D eigenvalue weighted by molar-refractivity contribution is -0.142. The molecule has 0 saturated carbocycles. The zero-order valence-corrected chi connectivity index (χ0v) is 8.03. The van der Waals surface area contributed by atoms with Crippen molar-refractivity contribution in [2.75, 3.05) is 26.8 Å². The first kappa shape index (κ1) is 10.5. The molecule has 0 radical (unpaired) electrons. The highest BCUT2D eigenvalue weighted by Crippen LogP contribution is 2.14. The van der Waals surface area contributed by atoms with Crippen LogP contribution in [0.25, 0.3) is 0 Å². The van der Waals surface area contributed by atoms with Crippen LogP contribution in [0.5, 0.6) is 0 Å². The summed E-state index contributed by atoms with van der Waals surface area (Å²) in [5.74, 6) is -0.890. The van der Waals surface area contributed by atoms with Crippen LogP contribution in [0, 0.1) is 0 Å². The molecule has 4 nitrogen and oxygen atoms in total. The van der Waals surface area contributed by atoms with E-state index in [0.29, 0.717) is 12.6 Å². The standard InChI is InChI=1S/C9H17NO3/c1-10-5-3-2-4-8(10)6-13-7-9(11)12/h8H,2-7H2,1H3,(H,11,12)/t8-/m1/s1. The topological polar surface area (TPSA) is 49.8 Å². The number of likely N-dealkylation sites (tertiary alicyclic amines) is 1. The van der Waals surface area contributed by atoms with Crippen molar-refractivity contribution in [3.05, 3.63) is 0 Å². The Balaban J connectivity index is 2.15. The van der Waals surface area contributed by atoms with Gasteiger partial charge in [0.2, 0.25) is 0 Å². The zero-order valence-electron chi connectivity index (χ0n) is 8.03. The molecule has 1 atom stereocenters. The molecule has 0 spiro atoms. The second-order valence-electron chi connectivity index (χ2n) is 3.54. The number of carbonyl (C=O) groups is 1. The first-order chi connectivity index (χ1) is 6.20. The zero-order chi connectivity index (χ0) is 9.68. The number of aliphatic carboxylic acids is 1. The van der Waals surface area contributed by atoms with E-state index in [9.17, 15) is 4.79 Å². The van der Waals surface area contributed by atoms with Gasteiger partial charge in [-0.1, -0.05) is 6.42 Å². The molecule has 1 heterocycles. The van der Waals surface area contributed by atoms with Crippen molar-refractivity contribution in [3.8, 4) is 0 Å². The Hall–Kier alpha value is -0.610. The lowest BCUT2D eigenvalue weighted by Gasteiger charge is -2.31. The Morgan fingerprint density at radius 1 is 1.62 bits per heavy atom. The highest BCUT2D eigenvalue weighted by molar-refractivity contribution is 5.67. The van der Waals surface area contributed by atoms with E-state index in [0.717, 1.165) is 13.0 Å². The SMILES string of the molecule is CN1CCCC[C@@H]1COCC(=O)O. The predicted octanol–water partition coefficient (Wildman–Crippen LogP) is 0.572. The number of likely N-dealkylation sites (N-methyl/N-ethyl adjacent to an activating group) is 1. The maximum Gasteiger partial charge on any atom is 0.329 e. The molecule has 0 bridgehead atoms. The molecule has 0 unspecified atom stereocenters. The van der Waals surface area contributed by atoms with Crippen molar-refractivity contribution in [2.24, 2.45) is 0 Å². The molecular formula is C9H17NO3. The first-order valence-electron chi connectivity index (χ1n) is 4.70. The average molecular weight is 187 g/mol. The summed E-state index contributed by atoms with van der Waals surface area (Å²) in [5, 5.41) is 8.37. The number of piperidine rings is 1. The van der Waals surface area contributed by atoms with Gasteiger partial charge in [-0.25, -0.2) is 4.79 Å². The molecular weight excluding hydrogens is 170 g/mol. The largest absolute Gasteiger partial charge is 0.480 e. The lowest BCUT2D eigenvalue weighted by Crippen LogP contribution is -2.39. The quantitative estimate of drug-likeness (QED) is 0.699. The van der Waals surface area contributed by atoms with E-state index in [4.69, 9.17) is 9.84 Å². The smallest absolute Gasteiger partial charge is 0.329 e. The fourth-order valence-corrected chi connectivity index (χ4v) is 1.64. The van der Waals surface area contributed by atoms with E-state index in [-0.39, 0.29) is 6.61 Å². The van der Waals surface area contributed by atoms with Crippen LogP contribution in [0.4, 0.5) is 0 Å². The number of hydrogen-bond acceptors (Lipinski definition) is 3. The lowest BCUT2D eigenvalue weighted by atomic mass is 10.0. The minimum atomic E-state index is -0.890. The minimum absolute atomic E-state index is 0.176. The summed E-state index contributed by atoms with van der Waals surface area (Å²) in [5.41, 5.74) is 0. The number of nitrogens with zero attached hydrogens (tertiary/aromatic N) is 1. The summed E-state index contributed by atoms with van der Waals surface area (Å²) in [4.78, 5) is 12.4. The van der Waals surface area contributed by atoms with E-state index in [1.165, 1.54) is 12.8 Å². The fraction of sp³-hybridized carbons (Fsp3) is 0.889. The highest BCUT2D eigenvalue weighted by atomic mass is 16.5. The van der Waals surface area contributed by atoms with Gasteiger partial charge in [-0.15, -0.1) is 0 Å². The van der Waals surface area contributed by atoms with Gasteiger partial charge >= 0.3 is 5.97 Å². The van der Waals surface area contributed by atoms with Crippen molar-refractivity contribution in [1.82, 2.24) is 4.90 Å². The van der Waals surface area contributed by atoms with Gasteiger partial charge in [-0.2, -0.15) is 0 Å². The van der Waals surface area contributed by atoms with E-state index in [2.05, 4.69) is 11.9 Å². The average Bonchev–Trinajstić information content (AvgIpc) is 2.08. The molecule has 1 aliphatic rings. The van der Waals surface area contributed by atoms with Crippen LogP contribution < -0.4 is 0 Å². The van der Waals surface area contributed by atoms with Crippen molar-refractivity contribution < 1.29 is 14.6 Å². The Kier molecular flexibility index (Phi) is 4.18. The van der Waals surface area contributed by atoms with Gasteiger partial charge < -0.3 is 14.7 Å². The Morgan fingerprint density at radius 2 is 2.38 bits per heavy atom. The summed E-state index contributed by atoms with van der Waals surface area (Å²) < 4.78 is 5.06. The van der Waals surface area contributed by atoms with Crippen molar-refractivity contribution >= 4 is 5.97 Å². The molecule has 0 aromatic heterocycles. The second-order valence-corrected chi connectivity index (χ2v) is 3.54. The molecule has 1 saturated heterocycles. The van der Waals surface area contributed by atoms with Gasteiger partial charge in [0.25, 0.3) is 0 Å². The number of ether oxygens (including phenoxy) is 1. The highest BCUT2D eigenvalue weighted by Gasteiger charge is 2.18. The number of carboxylic acids is 1. The number of carboxylic acid groups (broad SMARTS) is 1. The van der Waals surface area contributed by atoms with Gasteiger partial charge in [0.05, 0.1) is 6.61 Å². The van der Waals surface area contributed by atoms with Crippen LogP contribution in [0.1, 0.15) is 19.3 Å². The molecule has 1 rings (SSSR count). The summed E-state index contributed by atoms with van der Waals surface area (Å²) in [6.45, 7) is 1.47.